The van der Waals surface area contributed by atoms with Gasteiger partial charge in [-0.3, -0.25) is 0 Å². The summed E-state index contributed by atoms with van der Waals surface area (Å²) in [5.74, 6) is 2.63. The molecule has 0 N–H and O–H groups in total. The Bertz CT molecular complexity index is 751. The Kier molecular flexibility index (Phi) is 3.30. The zero-order valence-electron chi connectivity index (χ0n) is 10.9. The summed E-state index contributed by atoms with van der Waals surface area (Å²) in [6, 6.07) is 17.9. The van der Waals surface area contributed by atoms with E-state index in [9.17, 15) is 0 Å². The Hall–Kier alpha value is -2.86. The fourth-order valence-corrected chi connectivity index (χ4v) is 2.05. The average Bonchev–Trinajstić information content (AvgIpc) is 2.97. The summed E-state index contributed by atoms with van der Waals surface area (Å²) in [6.07, 6.45) is 7.35. The first-order chi connectivity index (χ1) is 9.85. The van der Waals surface area contributed by atoms with Crippen LogP contribution in [0.4, 0.5) is 0 Å². The molecule has 0 aliphatic rings. The zero-order valence-corrected chi connectivity index (χ0v) is 10.9. The number of aromatic nitrogens is 3. The Morgan fingerprint density at radius 3 is 2.70 bits per heavy atom. The predicted octanol–water partition coefficient (Wildman–Crippen LogP) is 2.97. The molecule has 3 nitrogen and oxygen atoms in total. The molecule has 3 rings (SSSR count). The molecule has 0 amide bonds. The van der Waals surface area contributed by atoms with Gasteiger partial charge in [-0.25, -0.2) is 4.68 Å². The minimum absolute atomic E-state index is 0.711. The van der Waals surface area contributed by atoms with E-state index in [2.05, 4.69) is 28.4 Å². The molecule has 1 heterocycles. The van der Waals surface area contributed by atoms with Gasteiger partial charge in [0.25, 0.3) is 0 Å². The van der Waals surface area contributed by atoms with Crippen molar-refractivity contribution in [3.8, 4) is 23.6 Å². The van der Waals surface area contributed by atoms with Crippen molar-refractivity contribution >= 4 is 0 Å². The maximum absolute atomic E-state index is 5.41. The Balaban J connectivity index is 1.85. The first-order valence-corrected chi connectivity index (χ1v) is 6.36. The van der Waals surface area contributed by atoms with Crippen LogP contribution in [0.5, 0.6) is 0 Å². The van der Waals surface area contributed by atoms with Crippen LogP contribution in [0.3, 0.4) is 0 Å². The maximum Gasteiger partial charge on any atom is 0.113 e. The summed E-state index contributed by atoms with van der Waals surface area (Å²) in [7, 11) is 0. The van der Waals surface area contributed by atoms with Crippen molar-refractivity contribution in [1.82, 2.24) is 15.0 Å². The van der Waals surface area contributed by atoms with Gasteiger partial charge in [-0.05, 0) is 17.7 Å². The van der Waals surface area contributed by atoms with Crippen LogP contribution < -0.4 is 0 Å². The summed E-state index contributed by atoms with van der Waals surface area (Å²) in [5, 5.41) is 8.36. The number of terminal acetylenes is 1. The van der Waals surface area contributed by atoms with Crippen LogP contribution in [0, 0.1) is 12.3 Å². The summed E-state index contributed by atoms with van der Waals surface area (Å²) in [4.78, 5) is 0. The van der Waals surface area contributed by atoms with Crippen LogP contribution in [-0.2, 0) is 6.54 Å². The highest BCUT2D eigenvalue weighted by Gasteiger charge is 2.04. The van der Waals surface area contributed by atoms with Crippen molar-refractivity contribution < 1.29 is 0 Å². The minimum Gasteiger partial charge on any atom is -0.247 e. The van der Waals surface area contributed by atoms with Crippen molar-refractivity contribution in [2.75, 3.05) is 0 Å². The van der Waals surface area contributed by atoms with Gasteiger partial charge in [0, 0.05) is 11.1 Å². The topological polar surface area (TPSA) is 30.7 Å². The standard InChI is InChI=1S/C17H13N3/c1-2-14-9-6-10-16(11-14)17-13-20(19-18-17)12-15-7-4-3-5-8-15/h1,3-11,13H,12H2. The number of hydrogen-bond donors (Lipinski definition) is 0. The molecule has 0 atom stereocenters. The fraction of sp³-hybridized carbons (Fsp3) is 0.0588. The van der Waals surface area contributed by atoms with E-state index in [0.29, 0.717) is 6.54 Å². The smallest absolute Gasteiger partial charge is 0.113 e. The first kappa shape index (κ1) is 12.2. The van der Waals surface area contributed by atoms with E-state index >= 15 is 0 Å². The first-order valence-electron chi connectivity index (χ1n) is 6.36. The molecule has 96 valence electrons. The SMILES string of the molecule is C#Cc1cccc(-c2cn(Cc3ccccc3)nn2)c1. The number of nitrogens with zero attached hydrogens (tertiary/aromatic N) is 3. The van der Waals surface area contributed by atoms with Crippen LogP contribution in [0.2, 0.25) is 0 Å². The van der Waals surface area contributed by atoms with E-state index in [4.69, 9.17) is 6.42 Å². The van der Waals surface area contributed by atoms with Crippen molar-refractivity contribution in [3.63, 3.8) is 0 Å². The lowest BCUT2D eigenvalue weighted by atomic mass is 10.1. The lowest BCUT2D eigenvalue weighted by molar-refractivity contribution is 0.650. The molecule has 0 spiro atoms. The van der Waals surface area contributed by atoms with Gasteiger partial charge in [-0.1, -0.05) is 53.6 Å². The zero-order chi connectivity index (χ0) is 13.8. The normalized spacial score (nSPS) is 10.2. The molecule has 0 saturated carbocycles. The molecule has 2 aromatic carbocycles. The van der Waals surface area contributed by atoms with Crippen LogP contribution in [0.25, 0.3) is 11.3 Å². The van der Waals surface area contributed by atoms with Gasteiger partial charge in [0.1, 0.15) is 5.69 Å². The van der Waals surface area contributed by atoms with Gasteiger partial charge in [0.05, 0.1) is 12.7 Å². The summed E-state index contributed by atoms with van der Waals surface area (Å²) in [6.45, 7) is 0.711. The van der Waals surface area contributed by atoms with Crippen LogP contribution in [0.15, 0.2) is 60.8 Å². The Morgan fingerprint density at radius 1 is 1.05 bits per heavy atom. The second-order valence-electron chi connectivity index (χ2n) is 4.51. The molecule has 0 aliphatic carbocycles. The highest BCUT2D eigenvalue weighted by molar-refractivity contribution is 5.60. The lowest BCUT2D eigenvalue weighted by Crippen LogP contribution is -1.99. The van der Waals surface area contributed by atoms with E-state index in [1.54, 1.807) is 0 Å². The van der Waals surface area contributed by atoms with Crippen molar-refractivity contribution in [3.05, 3.63) is 71.9 Å². The quantitative estimate of drug-likeness (QED) is 0.677. The Morgan fingerprint density at radius 2 is 1.90 bits per heavy atom. The van der Waals surface area contributed by atoms with Gasteiger partial charge in [-0.15, -0.1) is 11.5 Å². The molecule has 0 aliphatic heterocycles. The fourth-order valence-electron chi connectivity index (χ4n) is 2.05. The van der Waals surface area contributed by atoms with E-state index < -0.39 is 0 Å². The Labute approximate surface area is 117 Å². The minimum atomic E-state index is 0.711. The van der Waals surface area contributed by atoms with Crippen LogP contribution in [-0.4, -0.2) is 15.0 Å². The van der Waals surface area contributed by atoms with E-state index in [1.165, 1.54) is 5.56 Å². The maximum atomic E-state index is 5.41. The van der Waals surface area contributed by atoms with E-state index in [0.717, 1.165) is 16.8 Å². The van der Waals surface area contributed by atoms with Gasteiger partial charge < -0.3 is 0 Å². The molecule has 3 heteroatoms. The van der Waals surface area contributed by atoms with Gasteiger partial charge in [0.2, 0.25) is 0 Å². The van der Waals surface area contributed by atoms with E-state index in [-0.39, 0.29) is 0 Å². The molecule has 0 fully saturated rings. The van der Waals surface area contributed by atoms with Crippen LogP contribution >= 0.6 is 0 Å². The van der Waals surface area contributed by atoms with Crippen molar-refractivity contribution in [2.24, 2.45) is 0 Å². The summed E-state index contributed by atoms with van der Waals surface area (Å²) < 4.78 is 1.83. The second-order valence-corrected chi connectivity index (χ2v) is 4.51. The highest BCUT2D eigenvalue weighted by Crippen LogP contribution is 2.17. The van der Waals surface area contributed by atoms with Crippen molar-refractivity contribution in [1.29, 1.82) is 0 Å². The third-order valence-electron chi connectivity index (χ3n) is 3.05. The molecule has 0 saturated heterocycles. The molecule has 20 heavy (non-hydrogen) atoms. The lowest BCUT2D eigenvalue weighted by Gasteiger charge is -1.99. The number of hydrogen-bond acceptors (Lipinski definition) is 2. The predicted molar refractivity (Wildman–Crippen MR) is 78.9 cm³/mol. The van der Waals surface area contributed by atoms with Gasteiger partial charge in [-0.2, -0.15) is 0 Å². The van der Waals surface area contributed by atoms with Crippen LogP contribution in [0.1, 0.15) is 11.1 Å². The molecule has 0 bridgehead atoms. The van der Waals surface area contributed by atoms with Crippen molar-refractivity contribution in [2.45, 2.75) is 6.54 Å². The molecule has 3 aromatic rings. The summed E-state index contributed by atoms with van der Waals surface area (Å²) in [5.41, 5.74) is 3.86. The third-order valence-corrected chi connectivity index (χ3v) is 3.05. The summed E-state index contributed by atoms with van der Waals surface area (Å²) >= 11 is 0. The molecular formula is C17H13N3. The number of benzene rings is 2. The monoisotopic (exact) mass is 259 g/mol. The van der Waals surface area contributed by atoms with Gasteiger partial charge in [0.15, 0.2) is 0 Å². The van der Waals surface area contributed by atoms with Gasteiger partial charge >= 0.3 is 0 Å². The number of rotatable bonds is 3. The third kappa shape index (κ3) is 2.60. The highest BCUT2D eigenvalue weighted by atomic mass is 15.4. The van der Waals surface area contributed by atoms with E-state index in [1.807, 2.05) is 53.3 Å². The largest absolute Gasteiger partial charge is 0.247 e. The molecular weight excluding hydrogens is 246 g/mol. The molecule has 0 unspecified atom stereocenters. The molecule has 0 radical (unpaired) electrons. The second kappa shape index (κ2) is 5.41. The molecule has 1 aromatic heterocycles. The average molecular weight is 259 g/mol.